The van der Waals surface area contributed by atoms with E-state index in [0.717, 1.165) is 11.8 Å². The number of hydrazine groups is 1. The zero-order valence-electron chi connectivity index (χ0n) is 11.8. The van der Waals surface area contributed by atoms with E-state index in [0.29, 0.717) is 12.0 Å². The van der Waals surface area contributed by atoms with E-state index in [-0.39, 0.29) is 10.6 Å². The van der Waals surface area contributed by atoms with E-state index >= 15 is 0 Å². The first-order valence-corrected chi connectivity index (χ1v) is 7.66. The Morgan fingerprint density at radius 3 is 2.45 bits per heavy atom. The van der Waals surface area contributed by atoms with Gasteiger partial charge in [-0.15, -0.1) is 4.83 Å². The van der Waals surface area contributed by atoms with Crippen molar-refractivity contribution in [3.63, 3.8) is 0 Å². The van der Waals surface area contributed by atoms with Crippen LogP contribution in [0, 0.1) is 0 Å². The molecule has 0 aliphatic carbocycles. The van der Waals surface area contributed by atoms with Gasteiger partial charge in [-0.25, -0.2) is 8.42 Å². The molecule has 0 atom stereocenters. The molecule has 1 aromatic carbocycles. The number of methoxy groups -OCH3 is 1. The van der Waals surface area contributed by atoms with E-state index in [4.69, 9.17) is 4.74 Å². The molecule has 1 rings (SSSR count). The molecule has 1 amide bonds. The van der Waals surface area contributed by atoms with Crippen LogP contribution >= 0.6 is 0 Å². The number of amides is 1. The van der Waals surface area contributed by atoms with Crippen molar-refractivity contribution in [2.75, 3.05) is 7.11 Å². The van der Waals surface area contributed by atoms with Crippen LogP contribution in [0.2, 0.25) is 0 Å². The number of aryl methyl sites for hydroxylation is 1. The van der Waals surface area contributed by atoms with Crippen molar-refractivity contribution in [2.24, 2.45) is 0 Å². The fraction of sp³-hybridized carbons (Fsp3) is 0.417. The van der Waals surface area contributed by atoms with E-state index in [2.05, 4.69) is 0 Å². The van der Waals surface area contributed by atoms with Gasteiger partial charge >= 0.3 is 12.1 Å². The molecule has 0 fully saturated rings. The summed E-state index contributed by atoms with van der Waals surface area (Å²) in [6.45, 7) is 1.88. The highest BCUT2D eigenvalue weighted by molar-refractivity contribution is 7.89. The largest absolute Gasteiger partial charge is 0.495 e. The number of benzene rings is 1. The summed E-state index contributed by atoms with van der Waals surface area (Å²) in [5.74, 6) is -2.39. The Hall–Kier alpha value is -1.81. The maximum atomic E-state index is 12.1. The van der Waals surface area contributed by atoms with Crippen molar-refractivity contribution in [1.29, 1.82) is 0 Å². The van der Waals surface area contributed by atoms with Gasteiger partial charge in [0.2, 0.25) is 0 Å². The predicted octanol–water partition coefficient (Wildman–Crippen LogP) is 1.52. The first-order valence-electron chi connectivity index (χ1n) is 6.18. The summed E-state index contributed by atoms with van der Waals surface area (Å²) in [6.07, 6.45) is -3.95. The van der Waals surface area contributed by atoms with Crippen LogP contribution in [0.4, 0.5) is 13.2 Å². The van der Waals surface area contributed by atoms with Crippen LogP contribution in [-0.2, 0) is 21.2 Å². The van der Waals surface area contributed by atoms with E-state index in [1.165, 1.54) is 24.1 Å². The minimum absolute atomic E-state index is 0.0260. The molecule has 0 unspecified atom stereocenters. The standard InChI is InChI=1S/C12H15F3N2O4S/c1-3-5-8-6-4-7-9(10(8)21-2)22(19,20)17-16-11(18)12(13,14)15/h4,6-7,17H,3,5H2,1-2H3,(H,16,18). The third-order valence-corrected chi connectivity index (χ3v) is 3.90. The summed E-state index contributed by atoms with van der Waals surface area (Å²) in [4.78, 5) is 11.7. The fourth-order valence-corrected chi connectivity index (χ4v) is 2.76. The first-order chi connectivity index (χ1) is 10.1. The number of ether oxygens (including phenoxy) is 1. The average Bonchev–Trinajstić information content (AvgIpc) is 2.43. The Balaban J connectivity index is 3.08. The lowest BCUT2D eigenvalue weighted by Gasteiger charge is -2.15. The van der Waals surface area contributed by atoms with Crippen molar-refractivity contribution in [3.8, 4) is 5.75 Å². The molecule has 124 valence electrons. The highest BCUT2D eigenvalue weighted by atomic mass is 32.2. The number of alkyl halides is 3. The molecule has 0 heterocycles. The summed E-state index contributed by atoms with van der Waals surface area (Å²) in [5, 5.41) is 0. The van der Waals surface area contributed by atoms with Crippen molar-refractivity contribution < 1.29 is 31.1 Å². The number of halogens is 3. The molecule has 0 bridgehead atoms. The van der Waals surface area contributed by atoms with Crippen LogP contribution in [0.25, 0.3) is 0 Å². The third kappa shape index (κ3) is 4.34. The molecule has 0 aromatic heterocycles. The number of carbonyl (C=O) groups excluding carboxylic acids is 1. The van der Waals surface area contributed by atoms with Crippen molar-refractivity contribution in [2.45, 2.75) is 30.8 Å². The number of carbonyl (C=O) groups is 1. The molecule has 0 saturated heterocycles. The Morgan fingerprint density at radius 2 is 1.95 bits per heavy atom. The average molecular weight is 340 g/mol. The summed E-state index contributed by atoms with van der Waals surface area (Å²) in [5.41, 5.74) is 1.70. The highest BCUT2D eigenvalue weighted by Gasteiger charge is 2.39. The number of para-hydroxylation sites is 1. The van der Waals surface area contributed by atoms with Gasteiger partial charge in [0.05, 0.1) is 7.11 Å². The molecular formula is C12H15F3N2O4S. The third-order valence-electron chi connectivity index (χ3n) is 2.63. The van der Waals surface area contributed by atoms with Crippen LogP contribution in [0.5, 0.6) is 5.75 Å². The summed E-state index contributed by atoms with van der Waals surface area (Å²) < 4.78 is 65.3. The summed E-state index contributed by atoms with van der Waals surface area (Å²) in [6, 6.07) is 4.25. The van der Waals surface area contributed by atoms with Gasteiger partial charge < -0.3 is 4.74 Å². The zero-order chi connectivity index (χ0) is 17.0. The second-order valence-electron chi connectivity index (χ2n) is 4.26. The quantitative estimate of drug-likeness (QED) is 0.769. The molecule has 0 aliphatic rings. The van der Waals surface area contributed by atoms with Gasteiger partial charge in [-0.2, -0.15) is 13.2 Å². The van der Waals surface area contributed by atoms with Crippen LogP contribution in [0.15, 0.2) is 23.1 Å². The normalized spacial score (nSPS) is 12.0. The van der Waals surface area contributed by atoms with Crippen molar-refractivity contribution >= 4 is 15.9 Å². The topological polar surface area (TPSA) is 84.5 Å². The lowest BCUT2D eigenvalue weighted by atomic mass is 10.1. The van der Waals surface area contributed by atoms with E-state index in [1.54, 1.807) is 6.07 Å². The van der Waals surface area contributed by atoms with Crippen LogP contribution in [-0.4, -0.2) is 27.6 Å². The van der Waals surface area contributed by atoms with E-state index in [9.17, 15) is 26.4 Å². The molecular weight excluding hydrogens is 325 g/mol. The second-order valence-corrected chi connectivity index (χ2v) is 5.91. The van der Waals surface area contributed by atoms with Gasteiger partial charge in [0.25, 0.3) is 10.0 Å². The lowest BCUT2D eigenvalue weighted by Crippen LogP contribution is -2.47. The molecule has 0 spiro atoms. The molecule has 10 heteroatoms. The smallest absolute Gasteiger partial charge is 0.472 e. The minimum Gasteiger partial charge on any atom is -0.495 e. The number of rotatable bonds is 6. The molecule has 1 aromatic rings. The van der Waals surface area contributed by atoms with Gasteiger partial charge in [-0.3, -0.25) is 10.2 Å². The van der Waals surface area contributed by atoms with Crippen molar-refractivity contribution in [1.82, 2.24) is 10.3 Å². The van der Waals surface area contributed by atoms with Crippen molar-refractivity contribution in [3.05, 3.63) is 23.8 Å². The molecule has 22 heavy (non-hydrogen) atoms. The Bertz CT molecular complexity index is 644. The molecule has 0 saturated carbocycles. The Labute approximate surface area is 125 Å². The van der Waals surface area contributed by atoms with Gasteiger partial charge in [0.1, 0.15) is 10.6 Å². The zero-order valence-corrected chi connectivity index (χ0v) is 12.6. The van der Waals surface area contributed by atoms with E-state index in [1.807, 2.05) is 6.92 Å². The lowest BCUT2D eigenvalue weighted by molar-refractivity contribution is -0.174. The Kier molecular flexibility index (Phi) is 5.78. The summed E-state index contributed by atoms with van der Waals surface area (Å²) in [7, 11) is -3.15. The number of nitrogens with one attached hydrogen (secondary N) is 2. The minimum atomic E-state index is -5.20. The Morgan fingerprint density at radius 1 is 1.32 bits per heavy atom. The maximum Gasteiger partial charge on any atom is 0.472 e. The maximum absolute atomic E-state index is 12.1. The molecule has 2 N–H and O–H groups in total. The number of hydrogen-bond donors (Lipinski definition) is 2. The summed E-state index contributed by atoms with van der Waals surface area (Å²) >= 11 is 0. The van der Waals surface area contributed by atoms with Crippen LogP contribution in [0.1, 0.15) is 18.9 Å². The van der Waals surface area contributed by atoms with Crippen LogP contribution in [0.3, 0.4) is 0 Å². The van der Waals surface area contributed by atoms with Gasteiger partial charge in [0, 0.05) is 0 Å². The highest BCUT2D eigenvalue weighted by Crippen LogP contribution is 2.28. The van der Waals surface area contributed by atoms with Gasteiger partial charge in [-0.1, -0.05) is 25.5 Å². The van der Waals surface area contributed by atoms with E-state index < -0.39 is 22.1 Å². The SMILES string of the molecule is CCCc1cccc(S(=O)(=O)NNC(=O)C(F)(F)F)c1OC. The number of sulfonamides is 1. The van der Waals surface area contributed by atoms with Gasteiger partial charge in [0.15, 0.2) is 0 Å². The monoisotopic (exact) mass is 340 g/mol. The van der Waals surface area contributed by atoms with Gasteiger partial charge in [-0.05, 0) is 18.1 Å². The molecule has 6 nitrogen and oxygen atoms in total. The fourth-order valence-electron chi connectivity index (χ4n) is 1.71. The van der Waals surface area contributed by atoms with Crippen LogP contribution < -0.4 is 15.0 Å². The predicted molar refractivity (Wildman–Crippen MR) is 71.5 cm³/mol. The number of hydrogen-bond acceptors (Lipinski definition) is 4. The molecule has 0 aliphatic heterocycles. The second kappa shape index (κ2) is 6.97. The first kappa shape index (κ1) is 18.2. The molecule has 0 radical (unpaired) electrons.